The number of nitrogens with zero attached hydrogens (tertiary/aromatic N) is 3. The van der Waals surface area contributed by atoms with Crippen molar-refractivity contribution in [3.8, 4) is 0 Å². The standard InChI is InChI=1S/C22H32ClN5O4S/c1-5-8-11-32-16-12-28(22-24-13(4)17(33-22)21(30)31-7-3)10-9-15(16)26-20(29)19-25-14(6-2)18(23)27-19/h15-16H,5-12H2,1-4H3,(H,25,27)(H,26,29)/t15-,16+/m1/s1. The largest absolute Gasteiger partial charge is 0.462 e. The molecule has 3 heterocycles. The first-order valence-electron chi connectivity index (χ1n) is 11.4. The molecule has 2 aromatic rings. The molecule has 1 amide bonds. The normalized spacial score (nSPS) is 18.4. The van der Waals surface area contributed by atoms with E-state index in [0.29, 0.717) is 54.9 Å². The van der Waals surface area contributed by atoms with Gasteiger partial charge in [-0.2, -0.15) is 0 Å². The zero-order valence-electron chi connectivity index (χ0n) is 19.6. The Morgan fingerprint density at radius 1 is 1.30 bits per heavy atom. The highest BCUT2D eigenvalue weighted by atomic mass is 35.5. The number of thiazole rings is 1. The van der Waals surface area contributed by atoms with E-state index < -0.39 is 0 Å². The topological polar surface area (TPSA) is 109 Å². The van der Waals surface area contributed by atoms with Gasteiger partial charge in [0.25, 0.3) is 5.91 Å². The van der Waals surface area contributed by atoms with Crippen molar-refractivity contribution < 1.29 is 19.1 Å². The van der Waals surface area contributed by atoms with Crippen LogP contribution in [0.2, 0.25) is 5.15 Å². The lowest BCUT2D eigenvalue weighted by Crippen LogP contribution is -2.55. The first-order valence-corrected chi connectivity index (χ1v) is 12.6. The maximum absolute atomic E-state index is 12.8. The summed E-state index contributed by atoms with van der Waals surface area (Å²) in [5.41, 5.74) is 1.40. The van der Waals surface area contributed by atoms with Gasteiger partial charge >= 0.3 is 5.97 Å². The second kappa shape index (κ2) is 11.8. The van der Waals surface area contributed by atoms with Gasteiger partial charge in [-0.25, -0.2) is 14.8 Å². The van der Waals surface area contributed by atoms with Crippen LogP contribution < -0.4 is 10.2 Å². The van der Waals surface area contributed by atoms with Gasteiger partial charge in [0.05, 0.1) is 30.1 Å². The second-order valence-corrected chi connectivity index (χ2v) is 9.25. The van der Waals surface area contributed by atoms with Gasteiger partial charge in [-0.3, -0.25) is 4.79 Å². The van der Waals surface area contributed by atoms with Crippen molar-refractivity contribution in [3.05, 3.63) is 27.2 Å². The van der Waals surface area contributed by atoms with Crippen molar-refractivity contribution in [2.45, 2.75) is 65.5 Å². The molecule has 33 heavy (non-hydrogen) atoms. The number of nitrogens with one attached hydrogen (secondary N) is 2. The molecule has 3 rings (SSSR count). The van der Waals surface area contributed by atoms with Crippen LogP contribution in [-0.4, -0.2) is 65.3 Å². The summed E-state index contributed by atoms with van der Waals surface area (Å²) in [6, 6.07) is -0.176. The summed E-state index contributed by atoms with van der Waals surface area (Å²) in [6.45, 7) is 9.82. The van der Waals surface area contributed by atoms with Crippen LogP contribution >= 0.6 is 22.9 Å². The zero-order valence-corrected chi connectivity index (χ0v) is 21.1. The van der Waals surface area contributed by atoms with E-state index in [0.717, 1.165) is 23.7 Å². The monoisotopic (exact) mass is 497 g/mol. The number of hydrogen-bond acceptors (Lipinski definition) is 8. The Morgan fingerprint density at radius 2 is 2.09 bits per heavy atom. The van der Waals surface area contributed by atoms with Gasteiger partial charge < -0.3 is 24.7 Å². The molecule has 1 aliphatic rings. The lowest BCUT2D eigenvalue weighted by Gasteiger charge is -2.38. The molecule has 0 saturated carbocycles. The number of carbonyl (C=O) groups is 2. The fraction of sp³-hybridized carbons (Fsp3) is 0.636. The van der Waals surface area contributed by atoms with Gasteiger partial charge in [-0.15, -0.1) is 0 Å². The number of hydrogen-bond donors (Lipinski definition) is 2. The fourth-order valence-electron chi connectivity index (χ4n) is 3.67. The van der Waals surface area contributed by atoms with Crippen LogP contribution in [0.4, 0.5) is 5.13 Å². The van der Waals surface area contributed by atoms with Crippen LogP contribution in [0.15, 0.2) is 0 Å². The lowest BCUT2D eigenvalue weighted by atomic mass is 10.0. The van der Waals surface area contributed by atoms with E-state index in [1.54, 1.807) is 6.92 Å². The van der Waals surface area contributed by atoms with Gasteiger partial charge in [-0.1, -0.05) is 43.2 Å². The maximum Gasteiger partial charge on any atom is 0.350 e. The van der Waals surface area contributed by atoms with E-state index in [2.05, 4.69) is 32.1 Å². The molecule has 0 radical (unpaired) electrons. The van der Waals surface area contributed by atoms with Crippen molar-refractivity contribution in [1.29, 1.82) is 0 Å². The highest BCUT2D eigenvalue weighted by molar-refractivity contribution is 7.17. The average Bonchev–Trinajstić information content (AvgIpc) is 3.37. The van der Waals surface area contributed by atoms with Gasteiger partial charge in [0.15, 0.2) is 16.1 Å². The molecule has 0 aliphatic carbocycles. The Labute approximate surface area is 203 Å². The number of rotatable bonds is 10. The number of amides is 1. The van der Waals surface area contributed by atoms with Crippen molar-refractivity contribution in [2.75, 3.05) is 31.2 Å². The van der Waals surface area contributed by atoms with Gasteiger partial charge in [0.2, 0.25) is 0 Å². The molecule has 1 aliphatic heterocycles. The van der Waals surface area contributed by atoms with Gasteiger partial charge in [0.1, 0.15) is 4.88 Å². The third-order valence-corrected chi connectivity index (χ3v) is 7.03. The summed E-state index contributed by atoms with van der Waals surface area (Å²) in [5, 5.41) is 4.15. The molecule has 1 fully saturated rings. The lowest BCUT2D eigenvalue weighted by molar-refractivity contribution is 0.0187. The van der Waals surface area contributed by atoms with E-state index in [9.17, 15) is 9.59 Å². The molecule has 2 aromatic heterocycles. The maximum atomic E-state index is 12.8. The van der Waals surface area contributed by atoms with Crippen molar-refractivity contribution in [3.63, 3.8) is 0 Å². The molecule has 0 spiro atoms. The van der Waals surface area contributed by atoms with E-state index in [1.807, 2.05) is 13.8 Å². The first-order chi connectivity index (χ1) is 15.9. The Bertz CT molecular complexity index is 963. The van der Waals surface area contributed by atoms with Crippen LogP contribution in [0, 0.1) is 6.92 Å². The van der Waals surface area contributed by atoms with E-state index in [4.69, 9.17) is 21.1 Å². The van der Waals surface area contributed by atoms with Crippen molar-refractivity contribution >= 4 is 39.9 Å². The molecule has 0 aromatic carbocycles. The number of halogens is 1. The minimum absolute atomic E-state index is 0.176. The molecular weight excluding hydrogens is 466 g/mol. The fourth-order valence-corrected chi connectivity index (χ4v) is 4.93. The number of anilines is 1. The Hall–Kier alpha value is -2.17. The number of unbranched alkanes of at least 4 members (excludes halogenated alkanes) is 1. The number of piperidine rings is 1. The number of aromatic amines is 1. The van der Waals surface area contributed by atoms with Crippen molar-refractivity contribution in [2.24, 2.45) is 0 Å². The summed E-state index contributed by atoms with van der Waals surface area (Å²) >= 11 is 7.43. The third kappa shape index (κ3) is 6.24. The molecule has 182 valence electrons. The molecule has 2 N–H and O–H groups in total. The number of carbonyl (C=O) groups excluding carboxylic acids is 2. The minimum Gasteiger partial charge on any atom is -0.462 e. The number of H-pyrrole nitrogens is 1. The van der Waals surface area contributed by atoms with Crippen LogP contribution in [0.25, 0.3) is 0 Å². The summed E-state index contributed by atoms with van der Waals surface area (Å²) in [7, 11) is 0. The van der Waals surface area contributed by atoms with E-state index in [-0.39, 0.29) is 29.8 Å². The van der Waals surface area contributed by atoms with Crippen LogP contribution in [0.5, 0.6) is 0 Å². The summed E-state index contributed by atoms with van der Waals surface area (Å²) in [4.78, 5) is 39.4. The number of aryl methyl sites for hydroxylation is 2. The predicted octanol–water partition coefficient (Wildman–Crippen LogP) is 3.76. The second-order valence-electron chi connectivity index (χ2n) is 7.92. The highest BCUT2D eigenvalue weighted by Gasteiger charge is 2.34. The van der Waals surface area contributed by atoms with Crippen LogP contribution in [0.1, 0.15) is 71.7 Å². The van der Waals surface area contributed by atoms with E-state index in [1.165, 1.54) is 11.3 Å². The molecule has 9 nitrogen and oxygen atoms in total. The summed E-state index contributed by atoms with van der Waals surface area (Å²) in [6.07, 6.45) is 3.08. The van der Waals surface area contributed by atoms with E-state index >= 15 is 0 Å². The molecule has 0 bridgehead atoms. The number of esters is 1. The smallest absolute Gasteiger partial charge is 0.350 e. The van der Waals surface area contributed by atoms with Crippen LogP contribution in [0.3, 0.4) is 0 Å². The number of aromatic nitrogens is 3. The summed E-state index contributed by atoms with van der Waals surface area (Å²) in [5.74, 6) is -0.435. The summed E-state index contributed by atoms with van der Waals surface area (Å²) < 4.78 is 11.3. The average molecular weight is 498 g/mol. The zero-order chi connectivity index (χ0) is 24.0. The third-order valence-electron chi connectivity index (χ3n) is 5.52. The number of imidazole rings is 1. The Morgan fingerprint density at radius 3 is 2.76 bits per heavy atom. The molecule has 2 atom stereocenters. The Kier molecular flexibility index (Phi) is 9.10. The SMILES string of the molecule is CCCCO[C@H]1CN(c2nc(C)c(C(=O)OCC)s2)CC[C@H]1NC(=O)c1nc(Cl)c(CC)[nH]1. The highest BCUT2D eigenvalue weighted by Crippen LogP contribution is 2.30. The quantitative estimate of drug-likeness (QED) is 0.380. The van der Waals surface area contributed by atoms with Crippen LogP contribution in [-0.2, 0) is 15.9 Å². The molecule has 1 saturated heterocycles. The van der Waals surface area contributed by atoms with Crippen molar-refractivity contribution in [1.82, 2.24) is 20.3 Å². The predicted molar refractivity (Wildman–Crippen MR) is 129 cm³/mol. The van der Waals surface area contributed by atoms with Gasteiger partial charge in [-0.05, 0) is 33.1 Å². The molecule has 0 unspecified atom stereocenters. The first kappa shape index (κ1) is 25.5. The molecule has 11 heteroatoms. The molecular formula is C22H32ClN5O4S. The number of ether oxygens (including phenoxy) is 2. The minimum atomic E-state index is -0.347. The van der Waals surface area contributed by atoms with Gasteiger partial charge in [0, 0.05) is 19.7 Å². The Balaban J connectivity index is 1.72.